The number of amides is 1. The fraction of sp³-hybridized carbons (Fsp3) is 0.300. The van der Waals surface area contributed by atoms with Crippen molar-refractivity contribution in [1.82, 2.24) is 25.1 Å². The molecule has 0 radical (unpaired) electrons. The highest BCUT2D eigenvalue weighted by atomic mass is 35.5. The Balaban J connectivity index is 1.31. The number of nitrogens with one attached hydrogen (secondary N) is 1. The number of morpholine rings is 1. The lowest BCUT2D eigenvalue weighted by Gasteiger charge is -2.26. The number of halogens is 1. The molecule has 0 bridgehead atoms. The van der Waals surface area contributed by atoms with Gasteiger partial charge in [-0.1, -0.05) is 23.7 Å². The Morgan fingerprint density at radius 1 is 1.07 bits per heavy atom. The van der Waals surface area contributed by atoms with Gasteiger partial charge in [0, 0.05) is 35.9 Å². The van der Waals surface area contributed by atoms with Crippen LogP contribution in [0.15, 0.2) is 48.5 Å². The van der Waals surface area contributed by atoms with E-state index >= 15 is 0 Å². The van der Waals surface area contributed by atoms with E-state index in [1.807, 2.05) is 36.4 Å². The summed E-state index contributed by atoms with van der Waals surface area (Å²) in [5, 5.41) is 15.7. The van der Waals surface area contributed by atoms with Crippen molar-refractivity contribution < 1.29 is 9.53 Å². The van der Waals surface area contributed by atoms with E-state index < -0.39 is 0 Å². The summed E-state index contributed by atoms with van der Waals surface area (Å²) in [4.78, 5) is 15.9. The van der Waals surface area contributed by atoms with Crippen LogP contribution in [0.1, 0.15) is 5.56 Å². The second-order valence-electron chi connectivity index (χ2n) is 6.78. The van der Waals surface area contributed by atoms with Crippen LogP contribution in [0.4, 0.5) is 5.69 Å². The Labute approximate surface area is 173 Å². The lowest BCUT2D eigenvalue weighted by molar-refractivity contribution is -0.117. The number of hydrogen-bond donors (Lipinski definition) is 1. The first-order chi connectivity index (χ1) is 14.2. The van der Waals surface area contributed by atoms with Crippen molar-refractivity contribution in [2.45, 2.75) is 13.1 Å². The van der Waals surface area contributed by atoms with Crippen molar-refractivity contribution in [3.63, 3.8) is 0 Å². The Kier molecular flexibility index (Phi) is 6.14. The van der Waals surface area contributed by atoms with Gasteiger partial charge in [0.15, 0.2) is 0 Å². The van der Waals surface area contributed by atoms with Crippen LogP contribution < -0.4 is 5.32 Å². The van der Waals surface area contributed by atoms with E-state index in [2.05, 4.69) is 25.6 Å². The third-order valence-electron chi connectivity index (χ3n) is 4.59. The standard InChI is InChI=1S/C20H21ClN6O2/c21-17-5-3-16(4-6-17)20-23-25-27(24-20)14-19(28)22-18-7-1-15(2-8-18)13-26-9-11-29-12-10-26/h1-8H,9-14H2,(H,22,28). The van der Waals surface area contributed by atoms with E-state index in [0.717, 1.165) is 44.1 Å². The molecular formula is C20H21ClN6O2. The van der Waals surface area contributed by atoms with Gasteiger partial charge < -0.3 is 10.1 Å². The minimum Gasteiger partial charge on any atom is -0.379 e. The number of benzene rings is 2. The summed E-state index contributed by atoms with van der Waals surface area (Å²) in [6, 6.07) is 15.0. The maximum Gasteiger partial charge on any atom is 0.248 e. The Morgan fingerprint density at radius 3 is 2.52 bits per heavy atom. The van der Waals surface area contributed by atoms with Crippen molar-refractivity contribution in [3.05, 3.63) is 59.1 Å². The maximum absolute atomic E-state index is 12.3. The molecule has 1 amide bonds. The molecule has 1 aliphatic rings. The summed E-state index contributed by atoms with van der Waals surface area (Å²) in [5.74, 6) is 0.230. The van der Waals surface area contributed by atoms with E-state index in [1.165, 1.54) is 10.4 Å². The van der Waals surface area contributed by atoms with E-state index in [-0.39, 0.29) is 12.5 Å². The molecule has 8 nitrogen and oxygen atoms in total. The highest BCUT2D eigenvalue weighted by Crippen LogP contribution is 2.17. The molecule has 1 saturated heterocycles. The van der Waals surface area contributed by atoms with Gasteiger partial charge in [0.25, 0.3) is 0 Å². The molecule has 3 aromatic rings. The van der Waals surface area contributed by atoms with Gasteiger partial charge in [-0.25, -0.2) is 0 Å². The monoisotopic (exact) mass is 412 g/mol. The highest BCUT2D eigenvalue weighted by Gasteiger charge is 2.12. The van der Waals surface area contributed by atoms with Crippen molar-refractivity contribution in [2.75, 3.05) is 31.6 Å². The number of carbonyl (C=O) groups is 1. The van der Waals surface area contributed by atoms with Crippen molar-refractivity contribution in [3.8, 4) is 11.4 Å². The topological polar surface area (TPSA) is 85.2 Å². The van der Waals surface area contributed by atoms with Gasteiger partial charge in [0.1, 0.15) is 6.54 Å². The average molecular weight is 413 g/mol. The lowest BCUT2D eigenvalue weighted by Crippen LogP contribution is -2.35. The summed E-state index contributed by atoms with van der Waals surface area (Å²) >= 11 is 5.89. The molecule has 29 heavy (non-hydrogen) atoms. The molecule has 1 aromatic heterocycles. The summed E-state index contributed by atoms with van der Waals surface area (Å²) in [5.41, 5.74) is 2.73. The van der Waals surface area contributed by atoms with E-state index in [9.17, 15) is 4.79 Å². The van der Waals surface area contributed by atoms with Crippen LogP contribution in [0.3, 0.4) is 0 Å². The first-order valence-corrected chi connectivity index (χ1v) is 9.76. The van der Waals surface area contributed by atoms with Gasteiger partial charge in [0.2, 0.25) is 11.7 Å². The fourth-order valence-electron chi connectivity index (χ4n) is 3.06. The third kappa shape index (κ3) is 5.38. The molecule has 1 aliphatic heterocycles. The zero-order chi connectivity index (χ0) is 20.1. The first kappa shape index (κ1) is 19.5. The zero-order valence-corrected chi connectivity index (χ0v) is 16.5. The van der Waals surface area contributed by atoms with Crippen LogP contribution in [0.5, 0.6) is 0 Å². The Bertz CT molecular complexity index is 952. The van der Waals surface area contributed by atoms with E-state index in [0.29, 0.717) is 10.8 Å². The second kappa shape index (κ2) is 9.13. The SMILES string of the molecule is O=C(Cn1nnc(-c2ccc(Cl)cc2)n1)Nc1ccc(CN2CCOCC2)cc1. The van der Waals surface area contributed by atoms with Gasteiger partial charge in [-0.3, -0.25) is 9.69 Å². The number of hydrogen-bond acceptors (Lipinski definition) is 6. The predicted molar refractivity (Wildman–Crippen MR) is 109 cm³/mol. The van der Waals surface area contributed by atoms with Crippen LogP contribution >= 0.6 is 11.6 Å². The minimum absolute atomic E-state index is 0.0177. The summed E-state index contributed by atoms with van der Waals surface area (Å²) in [6.45, 7) is 4.32. The van der Waals surface area contributed by atoms with Crippen LogP contribution in [0, 0.1) is 0 Å². The molecule has 2 aromatic carbocycles. The maximum atomic E-state index is 12.3. The van der Waals surface area contributed by atoms with Crippen molar-refractivity contribution in [2.24, 2.45) is 0 Å². The predicted octanol–water partition coefficient (Wildman–Crippen LogP) is 2.46. The first-order valence-electron chi connectivity index (χ1n) is 9.38. The van der Waals surface area contributed by atoms with Gasteiger partial charge >= 0.3 is 0 Å². The normalized spacial score (nSPS) is 14.7. The molecule has 0 saturated carbocycles. The minimum atomic E-state index is -0.217. The molecular weight excluding hydrogens is 392 g/mol. The number of carbonyl (C=O) groups excluding carboxylic acids is 1. The van der Waals surface area contributed by atoms with Gasteiger partial charge in [-0.05, 0) is 47.2 Å². The second-order valence-corrected chi connectivity index (χ2v) is 7.22. The fourth-order valence-corrected chi connectivity index (χ4v) is 3.19. The molecule has 0 unspecified atom stereocenters. The van der Waals surface area contributed by atoms with E-state index in [1.54, 1.807) is 12.1 Å². The molecule has 0 aliphatic carbocycles. The number of anilines is 1. The van der Waals surface area contributed by atoms with Crippen LogP contribution in [-0.4, -0.2) is 57.3 Å². The summed E-state index contributed by atoms with van der Waals surface area (Å²) < 4.78 is 5.37. The molecule has 4 rings (SSSR count). The van der Waals surface area contributed by atoms with Crippen LogP contribution in [0.2, 0.25) is 5.02 Å². The molecule has 2 heterocycles. The van der Waals surface area contributed by atoms with Crippen LogP contribution in [0.25, 0.3) is 11.4 Å². The smallest absolute Gasteiger partial charge is 0.248 e. The van der Waals surface area contributed by atoms with Gasteiger partial charge in [0.05, 0.1) is 13.2 Å². The van der Waals surface area contributed by atoms with Gasteiger partial charge in [-0.15, -0.1) is 10.2 Å². The van der Waals surface area contributed by atoms with Crippen molar-refractivity contribution in [1.29, 1.82) is 0 Å². The lowest BCUT2D eigenvalue weighted by atomic mass is 10.2. The average Bonchev–Trinajstić information content (AvgIpc) is 3.19. The Hall–Kier alpha value is -2.81. The number of nitrogens with zero attached hydrogens (tertiary/aromatic N) is 5. The number of aromatic nitrogens is 4. The zero-order valence-electron chi connectivity index (χ0n) is 15.8. The largest absolute Gasteiger partial charge is 0.379 e. The molecule has 150 valence electrons. The Morgan fingerprint density at radius 2 is 1.79 bits per heavy atom. The van der Waals surface area contributed by atoms with Crippen molar-refractivity contribution >= 4 is 23.2 Å². The molecule has 0 atom stereocenters. The molecule has 0 spiro atoms. The number of tetrazole rings is 1. The molecule has 1 N–H and O–H groups in total. The number of ether oxygens (including phenoxy) is 1. The van der Waals surface area contributed by atoms with Gasteiger partial charge in [-0.2, -0.15) is 4.80 Å². The molecule has 9 heteroatoms. The summed E-state index contributed by atoms with van der Waals surface area (Å²) in [6.07, 6.45) is 0. The highest BCUT2D eigenvalue weighted by molar-refractivity contribution is 6.30. The molecule has 1 fully saturated rings. The number of rotatable bonds is 6. The quantitative estimate of drug-likeness (QED) is 0.669. The van der Waals surface area contributed by atoms with Crippen LogP contribution in [-0.2, 0) is 22.6 Å². The summed E-state index contributed by atoms with van der Waals surface area (Å²) in [7, 11) is 0. The third-order valence-corrected chi connectivity index (χ3v) is 4.84. The van der Waals surface area contributed by atoms with E-state index in [4.69, 9.17) is 16.3 Å².